The van der Waals surface area contributed by atoms with Crippen molar-refractivity contribution in [2.75, 3.05) is 19.5 Å². The van der Waals surface area contributed by atoms with Crippen molar-refractivity contribution in [3.8, 4) is 5.75 Å². The normalized spacial score (nSPS) is 12.2. The fourth-order valence-electron chi connectivity index (χ4n) is 1.36. The highest BCUT2D eigenvalue weighted by atomic mass is 19.4. The van der Waals surface area contributed by atoms with E-state index in [4.69, 9.17) is 9.47 Å². The number of hydrogen-bond donors (Lipinski definition) is 1. The van der Waals surface area contributed by atoms with Gasteiger partial charge in [-0.05, 0) is 32.0 Å². The summed E-state index contributed by atoms with van der Waals surface area (Å²) in [5.41, 5.74) is -2.55. The Kier molecular flexibility index (Phi) is 4.65. The fraction of sp³-hybridized carbons (Fsp3) is 0.462. The summed E-state index contributed by atoms with van der Waals surface area (Å²) >= 11 is 0. The first kappa shape index (κ1) is 16.3. The van der Waals surface area contributed by atoms with Crippen LogP contribution in [0.3, 0.4) is 0 Å². The molecule has 0 aromatic heterocycles. The van der Waals surface area contributed by atoms with Gasteiger partial charge in [0.1, 0.15) is 11.4 Å². The fourth-order valence-corrected chi connectivity index (χ4v) is 1.36. The van der Waals surface area contributed by atoms with E-state index in [-0.39, 0.29) is 11.4 Å². The van der Waals surface area contributed by atoms with E-state index in [0.717, 1.165) is 12.1 Å². The third-order valence-corrected chi connectivity index (χ3v) is 2.84. The molecule has 0 aliphatic carbocycles. The molecule has 0 radical (unpaired) electrons. The molecule has 1 amide bonds. The first-order chi connectivity index (χ1) is 9.11. The van der Waals surface area contributed by atoms with Gasteiger partial charge in [0.25, 0.3) is 5.91 Å². The Bertz CT molecular complexity index is 498. The van der Waals surface area contributed by atoms with Crippen LogP contribution >= 0.6 is 0 Å². The lowest BCUT2D eigenvalue weighted by atomic mass is 10.1. The van der Waals surface area contributed by atoms with E-state index in [2.05, 4.69) is 5.32 Å². The van der Waals surface area contributed by atoms with Gasteiger partial charge in [-0.2, -0.15) is 13.2 Å². The molecule has 7 heteroatoms. The van der Waals surface area contributed by atoms with Gasteiger partial charge >= 0.3 is 6.18 Å². The molecule has 1 N–H and O–H groups in total. The number of alkyl halides is 3. The first-order valence-electron chi connectivity index (χ1n) is 5.73. The van der Waals surface area contributed by atoms with Crippen molar-refractivity contribution in [3.05, 3.63) is 23.8 Å². The van der Waals surface area contributed by atoms with E-state index in [0.29, 0.717) is 0 Å². The molecule has 20 heavy (non-hydrogen) atoms. The molecular formula is C13H16F3NO3. The summed E-state index contributed by atoms with van der Waals surface area (Å²) in [5, 5.41) is 2.22. The van der Waals surface area contributed by atoms with Crippen LogP contribution in [0, 0.1) is 0 Å². The topological polar surface area (TPSA) is 47.6 Å². The van der Waals surface area contributed by atoms with Gasteiger partial charge in [-0.15, -0.1) is 0 Å². The molecule has 112 valence electrons. The predicted octanol–water partition coefficient (Wildman–Crippen LogP) is 3.08. The number of halogens is 3. The summed E-state index contributed by atoms with van der Waals surface area (Å²) in [7, 11) is 2.57. The molecule has 1 aromatic carbocycles. The minimum absolute atomic E-state index is 0.0568. The second-order valence-electron chi connectivity index (χ2n) is 4.58. The number of methoxy groups -OCH3 is 2. The minimum Gasteiger partial charge on any atom is -0.497 e. The average Bonchev–Trinajstić information content (AvgIpc) is 2.37. The molecule has 0 atom stereocenters. The molecule has 0 saturated carbocycles. The Labute approximate surface area is 114 Å². The molecule has 1 aromatic rings. The lowest BCUT2D eigenvalue weighted by molar-refractivity contribution is -0.137. The zero-order valence-electron chi connectivity index (χ0n) is 11.6. The van der Waals surface area contributed by atoms with E-state index in [1.165, 1.54) is 34.1 Å². The van der Waals surface area contributed by atoms with Gasteiger partial charge in [-0.1, -0.05) is 0 Å². The molecule has 0 unspecified atom stereocenters. The standard InChI is InChI=1S/C13H16F3NO3/c1-12(2,20-4)11(18)17-10-6-5-8(19-3)7-9(10)13(14,15)16/h5-7H,1-4H3,(H,17,18). The van der Waals surface area contributed by atoms with Crippen LogP contribution in [-0.2, 0) is 15.7 Å². The van der Waals surface area contributed by atoms with Gasteiger partial charge in [0.15, 0.2) is 0 Å². The van der Waals surface area contributed by atoms with E-state index < -0.39 is 23.2 Å². The summed E-state index contributed by atoms with van der Waals surface area (Å²) in [6.07, 6.45) is -4.60. The highest BCUT2D eigenvalue weighted by molar-refractivity contribution is 5.97. The minimum atomic E-state index is -4.60. The zero-order valence-corrected chi connectivity index (χ0v) is 11.6. The number of hydrogen-bond acceptors (Lipinski definition) is 3. The first-order valence-corrected chi connectivity index (χ1v) is 5.73. The summed E-state index contributed by atoms with van der Waals surface area (Å²) in [6, 6.07) is 3.31. The third kappa shape index (κ3) is 3.63. The molecule has 0 bridgehead atoms. The van der Waals surface area contributed by atoms with Gasteiger partial charge < -0.3 is 14.8 Å². The van der Waals surface area contributed by atoms with E-state index in [9.17, 15) is 18.0 Å². The average molecular weight is 291 g/mol. The van der Waals surface area contributed by atoms with Gasteiger partial charge in [-0.3, -0.25) is 4.79 Å². The van der Waals surface area contributed by atoms with Crippen molar-refractivity contribution in [1.82, 2.24) is 0 Å². The van der Waals surface area contributed by atoms with Crippen molar-refractivity contribution in [3.63, 3.8) is 0 Å². The smallest absolute Gasteiger partial charge is 0.418 e. The van der Waals surface area contributed by atoms with Crippen LogP contribution in [-0.4, -0.2) is 25.7 Å². The van der Waals surface area contributed by atoms with Crippen LogP contribution < -0.4 is 10.1 Å². The zero-order chi connectivity index (χ0) is 15.6. The number of amides is 1. The maximum atomic E-state index is 13.0. The highest BCUT2D eigenvalue weighted by Crippen LogP contribution is 2.37. The number of carbonyl (C=O) groups is 1. The Morgan fingerprint density at radius 3 is 2.25 bits per heavy atom. The largest absolute Gasteiger partial charge is 0.497 e. The Morgan fingerprint density at radius 1 is 1.20 bits per heavy atom. The van der Waals surface area contributed by atoms with Crippen molar-refractivity contribution >= 4 is 11.6 Å². The van der Waals surface area contributed by atoms with Crippen LogP contribution in [0.25, 0.3) is 0 Å². The van der Waals surface area contributed by atoms with Crippen molar-refractivity contribution in [2.24, 2.45) is 0 Å². The molecule has 0 fully saturated rings. The molecule has 0 saturated heterocycles. The molecule has 0 aliphatic rings. The number of carbonyl (C=O) groups excluding carboxylic acids is 1. The quantitative estimate of drug-likeness (QED) is 0.927. The van der Waals surface area contributed by atoms with Crippen LogP contribution in [0.5, 0.6) is 5.75 Å². The second kappa shape index (κ2) is 5.70. The number of nitrogens with one attached hydrogen (secondary N) is 1. The van der Waals surface area contributed by atoms with Crippen LogP contribution in [0.2, 0.25) is 0 Å². The van der Waals surface area contributed by atoms with Gasteiger partial charge in [0.2, 0.25) is 0 Å². The SMILES string of the molecule is COc1ccc(NC(=O)C(C)(C)OC)c(C(F)(F)F)c1. The van der Waals surface area contributed by atoms with Gasteiger partial charge in [0.05, 0.1) is 18.4 Å². The number of rotatable bonds is 4. The lowest BCUT2D eigenvalue weighted by Crippen LogP contribution is -2.39. The van der Waals surface area contributed by atoms with Crippen LogP contribution in [0.4, 0.5) is 18.9 Å². The number of benzene rings is 1. The Morgan fingerprint density at radius 2 is 1.80 bits per heavy atom. The van der Waals surface area contributed by atoms with Crippen molar-refractivity contribution < 1.29 is 27.4 Å². The van der Waals surface area contributed by atoms with Crippen molar-refractivity contribution in [2.45, 2.75) is 25.6 Å². The molecule has 1 rings (SSSR count). The molecular weight excluding hydrogens is 275 g/mol. The van der Waals surface area contributed by atoms with E-state index >= 15 is 0 Å². The van der Waals surface area contributed by atoms with Crippen LogP contribution in [0.15, 0.2) is 18.2 Å². The molecule has 4 nitrogen and oxygen atoms in total. The lowest BCUT2D eigenvalue weighted by Gasteiger charge is -2.23. The summed E-state index contributed by atoms with van der Waals surface area (Å²) in [4.78, 5) is 11.9. The summed E-state index contributed by atoms with van der Waals surface area (Å²) < 4.78 is 48.6. The maximum Gasteiger partial charge on any atom is 0.418 e. The summed E-state index contributed by atoms with van der Waals surface area (Å²) in [5.74, 6) is -0.614. The molecule has 0 heterocycles. The number of ether oxygens (including phenoxy) is 2. The van der Waals surface area contributed by atoms with Crippen LogP contribution in [0.1, 0.15) is 19.4 Å². The predicted molar refractivity (Wildman–Crippen MR) is 67.7 cm³/mol. The summed E-state index contributed by atoms with van der Waals surface area (Å²) in [6.45, 7) is 2.91. The maximum absolute atomic E-state index is 13.0. The Balaban J connectivity index is 3.16. The highest BCUT2D eigenvalue weighted by Gasteiger charge is 2.36. The van der Waals surface area contributed by atoms with E-state index in [1.54, 1.807) is 0 Å². The monoisotopic (exact) mass is 291 g/mol. The van der Waals surface area contributed by atoms with Crippen molar-refractivity contribution in [1.29, 1.82) is 0 Å². The Hall–Kier alpha value is -1.76. The molecule has 0 spiro atoms. The number of anilines is 1. The second-order valence-corrected chi connectivity index (χ2v) is 4.58. The van der Waals surface area contributed by atoms with Gasteiger partial charge in [0, 0.05) is 7.11 Å². The van der Waals surface area contributed by atoms with E-state index in [1.807, 2.05) is 0 Å². The third-order valence-electron chi connectivity index (χ3n) is 2.84. The molecule has 0 aliphatic heterocycles. The van der Waals surface area contributed by atoms with Gasteiger partial charge in [-0.25, -0.2) is 0 Å².